The van der Waals surface area contributed by atoms with Crippen molar-refractivity contribution in [1.29, 1.82) is 0 Å². The highest BCUT2D eigenvalue weighted by atomic mass is 35.5. The van der Waals surface area contributed by atoms with Crippen molar-refractivity contribution in [2.45, 2.75) is 17.9 Å². The molecule has 1 N–H and O–H groups in total. The van der Waals surface area contributed by atoms with Gasteiger partial charge in [0.1, 0.15) is 6.54 Å². The normalized spacial score (nSPS) is 15.5. The van der Waals surface area contributed by atoms with Crippen LogP contribution in [0.1, 0.15) is 24.1 Å². The molecule has 0 spiro atoms. The third kappa shape index (κ3) is 5.01. The number of fused-ring (bicyclic) bond motifs is 1. The zero-order chi connectivity index (χ0) is 21.8. The summed E-state index contributed by atoms with van der Waals surface area (Å²) >= 11 is 7.38. The van der Waals surface area contributed by atoms with E-state index < -0.39 is 0 Å². The second-order valence-corrected chi connectivity index (χ2v) is 8.74. The van der Waals surface area contributed by atoms with E-state index in [1.54, 1.807) is 17.0 Å². The minimum atomic E-state index is -0.211. The number of nitrogens with one attached hydrogen (secondary N) is 1. The van der Waals surface area contributed by atoms with Crippen LogP contribution < -0.4 is 10.2 Å². The van der Waals surface area contributed by atoms with Crippen LogP contribution in [0, 0.1) is 0 Å². The van der Waals surface area contributed by atoms with Gasteiger partial charge in [0.25, 0.3) is 5.91 Å². The topological polar surface area (TPSA) is 49.4 Å². The van der Waals surface area contributed by atoms with Crippen LogP contribution in [0.2, 0.25) is 5.02 Å². The molecule has 31 heavy (non-hydrogen) atoms. The van der Waals surface area contributed by atoms with E-state index in [0.717, 1.165) is 21.7 Å². The molecule has 2 amide bonds. The molecular formula is C25H21ClN2O2S. The third-order valence-corrected chi connectivity index (χ3v) is 6.31. The third-order valence-electron chi connectivity index (χ3n) is 4.98. The molecule has 0 aliphatic carbocycles. The standard InChI is InChI=1S/C25H21ClN2O2S/c1-17(19-7-3-2-4-8-19)27-24(29)16-28-21-9-5-6-10-22(21)31-23(25(28)30)15-18-11-13-20(26)14-12-18/h2-15,17H,16H2,1H3,(H,27,29). The maximum atomic E-state index is 13.3. The van der Waals surface area contributed by atoms with Gasteiger partial charge in [0.05, 0.1) is 16.6 Å². The van der Waals surface area contributed by atoms with Gasteiger partial charge in [0.2, 0.25) is 5.91 Å². The largest absolute Gasteiger partial charge is 0.348 e. The molecule has 1 atom stereocenters. The Morgan fingerprint density at radius 3 is 2.45 bits per heavy atom. The van der Waals surface area contributed by atoms with Gasteiger partial charge in [-0.15, -0.1) is 0 Å². The number of thioether (sulfide) groups is 1. The smallest absolute Gasteiger partial charge is 0.265 e. The lowest BCUT2D eigenvalue weighted by Crippen LogP contribution is -2.43. The molecular weight excluding hydrogens is 428 g/mol. The molecule has 6 heteroatoms. The van der Waals surface area contributed by atoms with Crippen LogP contribution in [0.3, 0.4) is 0 Å². The summed E-state index contributed by atoms with van der Waals surface area (Å²) in [5.74, 6) is -0.404. The summed E-state index contributed by atoms with van der Waals surface area (Å²) in [7, 11) is 0. The van der Waals surface area contributed by atoms with Gasteiger partial charge >= 0.3 is 0 Å². The summed E-state index contributed by atoms with van der Waals surface area (Å²) in [4.78, 5) is 29.1. The van der Waals surface area contributed by atoms with Gasteiger partial charge in [-0.2, -0.15) is 0 Å². The quantitative estimate of drug-likeness (QED) is 0.509. The van der Waals surface area contributed by atoms with Crippen LogP contribution in [-0.4, -0.2) is 18.4 Å². The number of amides is 2. The lowest BCUT2D eigenvalue weighted by Gasteiger charge is -2.30. The highest BCUT2D eigenvalue weighted by Crippen LogP contribution is 2.42. The van der Waals surface area contributed by atoms with Crippen molar-refractivity contribution in [2.24, 2.45) is 0 Å². The van der Waals surface area contributed by atoms with Gasteiger partial charge in [-0.1, -0.05) is 78.0 Å². The molecule has 1 heterocycles. The number of rotatable bonds is 5. The van der Waals surface area contributed by atoms with E-state index in [0.29, 0.717) is 9.93 Å². The average Bonchev–Trinajstić information content (AvgIpc) is 2.78. The molecule has 1 unspecified atom stereocenters. The number of hydrogen-bond acceptors (Lipinski definition) is 3. The highest BCUT2D eigenvalue weighted by molar-refractivity contribution is 8.04. The van der Waals surface area contributed by atoms with Crippen molar-refractivity contribution in [3.05, 3.63) is 99.9 Å². The van der Waals surface area contributed by atoms with Crippen LogP contribution in [-0.2, 0) is 9.59 Å². The fourth-order valence-electron chi connectivity index (χ4n) is 3.39. The number of carbonyl (C=O) groups excluding carboxylic acids is 2. The summed E-state index contributed by atoms with van der Waals surface area (Å²) in [6, 6.07) is 24.5. The monoisotopic (exact) mass is 448 g/mol. The molecule has 3 aromatic rings. The Hall–Kier alpha value is -3.02. The molecule has 1 aliphatic rings. The van der Waals surface area contributed by atoms with E-state index in [9.17, 15) is 9.59 Å². The zero-order valence-corrected chi connectivity index (χ0v) is 18.5. The first-order valence-corrected chi connectivity index (χ1v) is 11.1. The molecule has 1 aliphatic heterocycles. The summed E-state index contributed by atoms with van der Waals surface area (Å²) in [6.45, 7) is 1.88. The fourth-order valence-corrected chi connectivity index (χ4v) is 4.57. The van der Waals surface area contributed by atoms with Crippen molar-refractivity contribution >= 4 is 46.9 Å². The van der Waals surface area contributed by atoms with Gasteiger partial charge in [-0.25, -0.2) is 0 Å². The van der Waals surface area contributed by atoms with Crippen LogP contribution in [0.15, 0.2) is 88.7 Å². The maximum Gasteiger partial charge on any atom is 0.265 e. The summed E-state index contributed by atoms with van der Waals surface area (Å²) in [6.07, 6.45) is 1.83. The number of hydrogen-bond donors (Lipinski definition) is 1. The molecule has 0 bridgehead atoms. The average molecular weight is 449 g/mol. The van der Waals surface area contributed by atoms with E-state index in [-0.39, 0.29) is 24.4 Å². The first kappa shape index (κ1) is 21.2. The Morgan fingerprint density at radius 2 is 1.71 bits per heavy atom. The number of carbonyl (C=O) groups is 2. The SMILES string of the molecule is CC(NC(=O)CN1C(=O)C(=Cc2ccc(Cl)cc2)Sc2ccccc21)c1ccccc1. The minimum absolute atomic E-state index is 0.0501. The second-order valence-electron chi connectivity index (χ2n) is 7.22. The maximum absolute atomic E-state index is 13.3. The van der Waals surface area contributed by atoms with E-state index in [2.05, 4.69) is 5.32 Å². The van der Waals surface area contributed by atoms with Crippen LogP contribution in [0.4, 0.5) is 5.69 Å². The number of nitrogens with zero attached hydrogens (tertiary/aromatic N) is 1. The lowest BCUT2D eigenvalue weighted by atomic mass is 10.1. The van der Waals surface area contributed by atoms with E-state index >= 15 is 0 Å². The Bertz CT molecular complexity index is 1130. The number of para-hydroxylation sites is 1. The highest BCUT2D eigenvalue weighted by Gasteiger charge is 2.30. The molecule has 3 aromatic carbocycles. The minimum Gasteiger partial charge on any atom is -0.348 e. The van der Waals surface area contributed by atoms with Crippen molar-refractivity contribution in [3.8, 4) is 0 Å². The van der Waals surface area contributed by atoms with Gasteiger partial charge in [-0.3, -0.25) is 14.5 Å². The summed E-state index contributed by atoms with van der Waals surface area (Å²) < 4.78 is 0. The molecule has 4 nitrogen and oxygen atoms in total. The predicted octanol–water partition coefficient (Wildman–Crippen LogP) is 5.70. The summed E-state index contributed by atoms with van der Waals surface area (Å²) in [5.41, 5.74) is 2.63. The zero-order valence-electron chi connectivity index (χ0n) is 16.9. The Balaban J connectivity index is 1.57. The van der Waals surface area contributed by atoms with Crippen LogP contribution in [0.25, 0.3) is 6.08 Å². The van der Waals surface area contributed by atoms with Crippen molar-refractivity contribution < 1.29 is 9.59 Å². The van der Waals surface area contributed by atoms with E-state index in [1.807, 2.05) is 79.7 Å². The molecule has 0 saturated carbocycles. The first-order chi connectivity index (χ1) is 15.0. The second kappa shape index (κ2) is 9.41. The summed E-state index contributed by atoms with van der Waals surface area (Å²) in [5, 5.41) is 3.63. The first-order valence-electron chi connectivity index (χ1n) is 9.91. The van der Waals surface area contributed by atoms with E-state index in [4.69, 9.17) is 11.6 Å². The number of halogens is 1. The molecule has 0 aromatic heterocycles. The molecule has 0 fully saturated rings. The van der Waals surface area contributed by atoms with Crippen LogP contribution in [0.5, 0.6) is 0 Å². The predicted molar refractivity (Wildman–Crippen MR) is 127 cm³/mol. The molecule has 0 saturated heterocycles. The van der Waals surface area contributed by atoms with Gasteiger partial charge in [0.15, 0.2) is 0 Å². The Kier molecular flexibility index (Phi) is 6.44. The lowest BCUT2D eigenvalue weighted by molar-refractivity contribution is -0.122. The molecule has 0 radical (unpaired) electrons. The van der Waals surface area contributed by atoms with Crippen LogP contribution >= 0.6 is 23.4 Å². The van der Waals surface area contributed by atoms with E-state index in [1.165, 1.54) is 11.8 Å². The van der Waals surface area contributed by atoms with Gasteiger partial charge < -0.3 is 5.32 Å². The van der Waals surface area contributed by atoms with Gasteiger partial charge in [-0.05, 0) is 48.4 Å². The van der Waals surface area contributed by atoms with Crippen molar-refractivity contribution in [1.82, 2.24) is 5.32 Å². The van der Waals surface area contributed by atoms with Crippen molar-refractivity contribution in [2.75, 3.05) is 11.4 Å². The number of benzene rings is 3. The number of anilines is 1. The Morgan fingerprint density at radius 1 is 1.03 bits per heavy atom. The molecule has 156 valence electrons. The Labute approximate surface area is 190 Å². The molecule has 4 rings (SSSR count). The van der Waals surface area contributed by atoms with Crippen molar-refractivity contribution in [3.63, 3.8) is 0 Å². The van der Waals surface area contributed by atoms with Gasteiger partial charge in [0, 0.05) is 9.92 Å². The fraction of sp³-hybridized carbons (Fsp3) is 0.120.